The van der Waals surface area contributed by atoms with Crippen LogP contribution in [0.2, 0.25) is 0 Å². The lowest BCUT2D eigenvalue weighted by Gasteiger charge is -2.15. The predicted molar refractivity (Wildman–Crippen MR) is 61.7 cm³/mol. The van der Waals surface area contributed by atoms with Crippen LogP contribution in [0, 0.1) is 0 Å². The molecular weight excluding hydrogens is 192 g/mol. The summed E-state index contributed by atoms with van der Waals surface area (Å²) >= 11 is 0. The highest BCUT2D eigenvalue weighted by molar-refractivity contribution is 4.91. The highest BCUT2D eigenvalue weighted by atomic mass is 16.7. The fraction of sp³-hybridized carbons (Fsp3) is 0.833. The van der Waals surface area contributed by atoms with Gasteiger partial charge in [0.25, 0.3) is 5.95 Å². The predicted octanol–water partition coefficient (Wildman–Crippen LogP) is 3.11. The SMILES string of the molecule is CCCC(C=C(OCC)OCC)OCC. The van der Waals surface area contributed by atoms with Crippen LogP contribution in [0.15, 0.2) is 12.0 Å². The molecule has 0 aliphatic carbocycles. The van der Waals surface area contributed by atoms with Gasteiger partial charge in [-0.05, 0) is 27.2 Å². The Bertz CT molecular complexity index is 152. The van der Waals surface area contributed by atoms with E-state index >= 15 is 0 Å². The molecule has 0 aromatic heterocycles. The van der Waals surface area contributed by atoms with Crippen molar-refractivity contribution in [2.75, 3.05) is 19.8 Å². The molecule has 0 amide bonds. The molecule has 0 spiro atoms. The van der Waals surface area contributed by atoms with Gasteiger partial charge in [0.05, 0.1) is 19.3 Å². The number of rotatable bonds is 9. The number of ether oxygens (including phenoxy) is 3. The lowest BCUT2D eigenvalue weighted by molar-refractivity contribution is 0.0311. The number of hydrogen-bond donors (Lipinski definition) is 0. The maximum Gasteiger partial charge on any atom is 0.277 e. The third-order valence-electron chi connectivity index (χ3n) is 1.85. The second-order valence-corrected chi connectivity index (χ2v) is 3.13. The van der Waals surface area contributed by atoms with Crippen LogP contribution in [0.4, 0.5) is 0 Å². The van der Waals surface area contributed by atoms with Gasteiger partial charge in [-0.15, -0.1) is 0 Å². The zero-order chi connectivity index (χ0) is 11.5. The van der Waals surface area contributed by atoms with E-state index in [2.05, 4.69) is 6.92 Å². The zero-order valence-electron chi connectivity index (χ0n) is 10.4. The molecule has 90 valence electrons. The highest BCUT2D eigenvalue weighted by Crippen LogP contribution is 2.09. The van der Waals surface area contributed by atoms with Crippen LogP contribution in [0.25, 0.3) is 0 Å². The maximum absolute atomic E-state index is 5.57. The summed E-state index contributed by atoms with van der Waals surface area (Å²) in [7, 11) is 0. The van der Waals surface area contributed by atoms with Crippen LogP contribution in [-0.4, -0.2) is 25.9 Å². The lowest BCUT2D eigenvalue weighted by atomic mass is 10.2. The Morgan fingerprint density at radius 1 is 1.00 bits per heavy atom. The van der Waals surface area contributed by atoms with Gasteiger partial charge >= 0.3 is 0 Å². The van der Waals surface area contributed by atoms with E-state index in [0.717, 1.165) is 12.8 Å². The molecule has 0 saturated heterocycles. The van der Waals surface area contributed by atoms with E-state index in [4.69, 9.17) is 14.2 Å². The van der Waals surface area contributed by atoms with Gasteiger partial charge in [0, 0.05) is 12.7 Å². The second kappa shape index (κ2) is 9.84. The minimum atomic E-state index is 0.105. The summed E-state index contributed by atoms with van der Waals surface area (Å²) in [6.45, 7) is 9.99. The Morgan fingerprint density at radius 2 is 1.60 bits per heavy atom. The largest absolute Gasteiger partial charge is 0.466 e. The van der Waals surface area contributed by atoms with E-state index in [-0.39, 0.29) is 6.10 Å². The van der Waals surface area contributed by atoms with Crippen LogP contribution < -0.4 is 0 Å². The monoisotopic (exact) mass is 216 g/mol. The molecule has 0 aromatic rings. The Kier molecular flexibility index (Phi) is 9.38. The lowest BCUT2D eigenvalue weighted by Crippen LogP contribution is -2.12. The zero-order valence-corrected chi connectivity index (χ0v) is 10.4. The Morgan fingerprint density at radius 3 is 2.00 bits per heavy atom. The minimum Gasteiger partial charge on any atom is -0.466 e. The van der Waals surface area contributed by atoms with Crippen LogP contribution >= 0.6 is 0 Å². The second-order valence-electron chi connectivity index (χ2n) is 3.13. The summed E-state index contributed by atoms with van der Waals surface area (Å²) in [6.07, 6.45) is 4.12. The first-order valence-electron chi connectivity index (χ1n) is 5.87. The van der Waals surface area contributed by atoms with Crippen LogP contribution in [0.1, 0.15) is 40.5 Å². The van der Waals surface area contributed by atoms with Gasteiger partial charge in [-0.1, -0.05) is 13.3 Å². The van der Waals surface area contributed by atoms with Crippen molar-refractivity contribution in [3.05, 3.63) is 12.0 Å². The maximum atomic E-state index is 5.57. The van der Waals surface area contributed by atoms with Gasteiger partial charge < -0.3 is 14.2 Å². The van der Waals surface area contributed by atoms with E-state index < -0.39 is 0 Å². The molecule has 0 aromatic carbocycles. The molecule has 0 N–H and O–H groups in total. The summed E-state index contributed by atoms with van der Waals surface area (Å²) in [6, 6.07) is 0. The molecule has 0 radical (unpaired) electrons. The van der Waals surface area contributed by atoms with Crippen LogP contribution in [-0.2, 0) is 14.2 Å². The van der Waals surface area contributed by atoms with Gasteiger partial charge in [0.1, 0.15) is 0 Å². The molecule has 3 nitrogen and oxygen atoms in total. The molecule has 3 heteroatoms. The van der Waals surface area contributed by atoms with E-state index in [9.17, 15) is 0 Å². The molecule has 1 unspecified atom stereocenters. The van der Waals surface area contributed by atoms with E-state index in [1.165, 1.54) is 0 Å². The molecule has 1 atom stereocenters. The Hall–Kier alpha value is -0.700. The Balaban J connectivity index is 4.27. The summed E-state index contributed by atoms with van der Waals surface area (Å²) < 4.78 is 16.3. The quantitative estimate of drug-likeness (QED) is 0.554. The fourth-order valence-corrected chi connectivity index (χ4v) is 1.29. The molecule has 0 fully saturated rings. The van der Waals surface area contributed by atoms with Gasteiger partial charge in [0.15, 0.2) is 0 Å². The first kappa shape index (κ1) is 14.3. The molecule has 0 heterocycles. The van der Waals surface area contributed by atoms with Crippen molar-refractivity contribution < 1.29 is 14.2 Å². The third-order valence-corrected chi connectivity index (χ3v) is 1.85. The first-order valence-corrected chi connectivity index (χ1v) is 5.87. The van der Waals surface area contributed by atoms with Crippen molar-refractivity contribution in [3.63, 3.8) is 0 Å². The molecule has 0 bridgehead atoms. The van der Waals surface area contributed by atoms with E-state index in [0.29, 0.717) is 25.8 Å². The van der Waals surface area contributed by atoms with Crippen molar-refractivity contribution in [2.24, 2.45) is 0 Å². The fourth-order valence-electron chi connectivity index (χ4n) is 1.29. The highest BCUT2D eigenvalue weighted by Gasteiger charge is 2.07. The van der Waals surface area contributed by atoms with Crippen molar-refractivity contribution in [2.45, 2.75) is 46.6 Å². The standard InChI is InChI=1S/C12H24O3/c1-5-9-11(13-6-2)10-12(14-7-3)15-8-4/h10-11H,5-9H2,1-4H3. The molecule has 0 aliphatic rings. The minimum absolute atomic E-state index is 0.105. The van der Waals surface area contributed by atoms with Gasteiger partial charge in [-0.25, -0.2) is 0 Å². The van der Waals surface area contributed by atoms with Crippen molar-refractivity contribution in [3.8, 4) is 0 Å². The van der Waals surface area contributed by atoms with Crippen LogP contribution in [0.5, 0.6) is 0 Å². The topological polar surface area (TPSA) is 27.7 Å². The van der Waals surface area contributed by atoms with E-state index in [1.807, 2.05) is 26.8 Å². The normalized spacial score (nSPS) is 12.0. The summed E-state index contributed by atoms with van der Waals surface area (Å²) in [4.78, 5) is 0. The molecule has 0 saturated carbocycles. The molecule has 0 rings (SSSR count). The van der Waals surface area contributed by atoms with Crippen molar-refractivity contribution in [1.82, 2.24) is 0 Å². The smallest absolute Gasteiger partial charge is 0.277 e. The summed E-state index contributed by atoms with van der Waals surface area (Å²) in [5.74, 6) is 0.590. The molecule has 15 heavy (non-hydrogen) atoms. The first-order chi connectivity index (χ1) is 7.28. The summed E-state index contributed by atoms with van der Waals surface area (Å²) in [5.41, 5.74) is 0. The Labute approximate surface area is 93.4 Å². The third kappa shape index (κ3) is 7.25. The van der Waals surface area contributed by atoms with Gasteiger partial charge in [-0.3, -0.25) is 0 Å². The van der Waals surface area contributed by atoms with Crippen LogP contribution in [0.3, 0.4) is 0 Å². The number of hydrogen-bond acceptors (Lipinski definition) is 3. The molecule has 0 aliphatic heterocycles. The average molecular weight is 216 g/mol. The van der Waals surface area contributed by atoms with Gasteiger partial charge in [-0.2, -0.15) is 0 Å². The van der Waals surface area contributed by atoms with Crippen molar-refractivity contribution >= 4 is 0 Å². The average Bonchev–Trinajstić information content (AvgIpc) is 2.19. The van der Waals surface area contributed by atoms with Crippen molar-refractivity contribution in [1.29, 1.82) is 0 Å². The summed E-state index contributed by atoms with van der Waals surface area (Å²) in [5, 5.41) is 0. The van der Waals surface area contributed by atoms with Gasteiger partial charge in [0.2, 0.25) is 0 Å². The van der Waals surface area contributed by atoms with E-state index in [1.54, 1.807) is 0 Å². The molecular formula is C12H24O3.